The Morgan fingerprint density at radius 3 is 2.93 bits per heavy atom. The standard InChI is InChI=1S/C7H8N4O3/c12-7(13)6-1-2-8-11(6)5-3-10(4-5)9-14/h1-2,5H,3-4H2,(H,12,13). The Balaban J connectivity index is 2.14. The number of carbonyl (C=O) groups is 1. The summed E-state index contributed by atoms with van der Waals surface area (Å²) in [6.07, 6.45) is 1.43. The molecular weight excluding hydrogens is 188 g/mol. The van der Waals surface area contributed by atoms with Crippen LogP contribution in [0.4, 0.5) is 0 Å². The zero-order valence-electron chi connectivity index (χ0n) is 7.20. The summed E-state index contributed by atoms with van der Waals surface area (Å²) < 4.78 is 1.41. The predicted octanol–water partition coefficient (Wildman–Crippen LogP) is 0.119. The molecule has 0 spiro atoms. The van der Waals surface area contributed by atoms with Crippen LogP contribution in [0, 0.1) is 4.91 Å². The number of hydrogen-bond acceptors (Lipinski definition) is 4. The maximum absolute atomic E-state index is 10.7. The zero-order valence-corrected chi connectivity index (χ0v) is 7.20. The van der Waals surface area contributed by atoms with Gasteiger partial charge in [-0.1, -0.05) is 0 Å². The summed E-state index contributed by atoms with van der Waals surface area (Å²) in [4.78, 5) is 20.8. The number of carboxylic acid groups (broad SMARTS) is 1. The quantitative estimate of drug-likeness (QED) is 0.693. The largest absolute Gasteiger partial charge is 0.477 e. The Kier molecular flexibility index (Phi) is 1.91. The van der Waals surface area contributed by atoms with Gasteiger partial charge in [0.05, 0.1) is 24.4 Å². The average Bonchev–Trinajstić information content (AvgIpc) is 2.50. The van der Waals surface area contributed by atoms with E-state index < -0.39 is 5.97 Å². The number of nitrogens with zero attached hydrogens (tertiary/aromatic N) is 4. The maximum atomic E-state index is 10.7. The van der Waals surface area contributed by atoms with Gasteiger partial charge in [-0.15, -0.1) is 4.91 Å². The van der Waals surface area contributed by atoms with Crippen LogP contribution in [0.15, 0.2) is 17.5 Å². The fourth-order valence-electron chi connectivity index (χ4n) is 1.43. The Hall–Kier alpha value is -1.92. The van der Waals surface area contributed by atoms with E-state index in [0.29, 0.717) is 13.1 Å². The minimum atomic E-state index is -1.01. The molecule has 7 nitrogen and oxygen atoms in total. The molecule has 74 valence electrons. The molecule has 0 unspecified atom stereocenters. The molecule has 2 heterocycles. The maximum Gasteiger partial charge on any atom is 0.354 e. The second kappa shape index (κ2) is 3.09. The van der Waals surface area contributed by atoms with Crippen LogP contribution < -0.4 is 0 Å². The van der Waals surface area contributed by atoms with Gasteiger partial charge in [0.15, 0.2) is 0 Å². The molecule has 1 N–H and O–H groups in total. The van der Waals surface area contributed by atoms with E-state index in [-0.39, 0.29) is 11.7 Å². The molecule has 0 saturated carbocycles. The Labute approximate surface area is 78.9 Å². The summed E-state index contributed by atoms with van der Waals surface area (Å²) >= 11 is 0. The van der Waals surface area contributed by atoms with Crippen LogP contribution in [0.25, 0.3) is 0 Å². The number of rotatable bonds is 3. The third-order valence-corrected chi connectivity index (χ3v) is 2.19. The molecule has 0 amide bonds. The molecule has 1 fully saturated rings. The van der Waals surface area contributed by atoms with Gasteiger partial charge in [-0.2, -0.15) is 5.10 Å². The van der Waals surface area contributed by atoms with E-state index in [1.165, 1.54) is 22.0 Å². The third kappa shape index (κ3) is 1.22. The molecule has 14 heavy (non-hydrogen) atoms. The molecule has 0 aliphatic carbocycles. The van der Waals surface area contributed by atoms with Gasteiger partial charge in [-0.25, -0.2) is 4.79 Å². The van der Waals surface area contributed by atoms with Crippen molar-refractivity contribution in [3.63, 3.8) is 0 Å². The van der Waals surface area contributed by atoms with Crippen LogP contribution in [0.2, 0.25) is 0 Å². The lowest BCUT2D eigenvalue weighted by Gasteiger charge is -2.34. The lowest BCUT2D eigenvalue weighted by Crippen LogP contribution is -2.45. The summed E-state index contributed by atoms with van der Waals surface area (Å²) in [6, 6.07) is 1.37. The van der Waals surface area contributed by atoms with E-state index in [1.54, 1.807) is 0 Å². The highest BCUT2D eigenvalue weighted by Crippen LogP contribution is 2.21. The van der Waals surface area contributed by atoms with Gasteiger partial charge in [0, 0.05) is 6.20 Å². The summed E-state index contributed by atoms with van der Waals surface area (Å²) in [6.45, 7) is 0.844. The van der Waals surface area contributed by atoms with Crippen LogP contribution >= 0.6 is 0 Å². The van der Waals surface area contributed by atoms with Crippen molar-refractivity contribution >= 4 is 5.97 Å². The fourth-order valence-corrected chi connectivity index (χ4v) is 1.43. The van der Waals surface area contributed by atoms with Crippen LogP contribution in [-0.2, 0) is 0 Å². The van der Waals surface area contributed by atoms with Crippen molar-refractivity contribution in [2.75, 3.05) is 13.1 Å². The number of aromatic nitrogens is 2. The molecule has 1 aliphatic rings. The molecular formula is C7H8N4O3. The van der Waals surface area contributed by atoms with Crippen molar-refractivity contribution in [2.24, 2.45) is 5.29 Å². The molecule has 0 bridgehead atoms. The fraction of sp³-hybridized carbons (Fsp3) is 0.429. The highest BCUT2D eigenvalue weighted by Gasteiger charge is 2.31. The first-order valence-corrected chi connectivity index (χ1v) is 4.07. The van der Waals surface area contributed by atoms with Crippen LogP contribution in [0.3, 0.4) is 0 Å². The zero-order chi connectivity index (χ0) is 10.1. The van der Waals surface area contributed by atoms with Gasteiger partial charge in [0.25, 0.3) is 0 Å². The monoisotopic (exact) mass is 196 g/mol. The summed E-state index contributed by atoms with van der Waals surface area (Å²) in [5.74, 6) is -1.01. The molecule has 0 radical (unpaired) electrons. The van der Waals surface area contributed by atoms with Crippen molar-refractivity contribution in [2.45, 2.75) is 6.04 Å². The van der Waals surface area contributed by atoms with Gasteiger partial charge in [0.2, 0.25) is 0 Å². The molecule has 7 heteroatoms. The summed E-state index contributed by atoms with van der Waals surface area (Å²) in [5.41, 5.74) is 0.139. The Bertz CT molecular complexity index is 369. The first-order chi connectivity index (χ1) is 6.72. The first-order valence-electron chi connectivity index (χ1n) is 4.07. The molecule has 0 aromatic carbocycles. The molecule has 1 aromatic rings. The van der Waals surface area contributed by atoms with E-state index in [2.05, 4.69) is 10.4 Å². The summed E-state index contributed by atoms with van der Waals surface area (Å²) in [7, 11) is 0. The van der Waals surface area contributed by atoms with Gasteiger partial charge in [-0.05, 0) is 6.07 Å². The van der Waals surface area contributed by atoms with E-state index in [4.69, 9.17) is 5.11 Å². The minimum absolute atomic E-state index is 0.0613. The van der Waals surface area contributed by atoms with Gasteiger partial charge in [-0.3, -0.25) is 9.69 Å². The molecule has 0 atom stereocenters. The number of aromatic carboxylic acids is 1. The van der Waals surface area contributed by atoms with Crippen molar-refractivity contribution in [3.8, 4) is 0 Å². The highest BCUT2D eigenvalue weighted by atomic mass is 16.4. The van der Waals surface area contributed by atoms with E-state index in [9.17, 15) is 9.70 Å². The van der Waals surface area contributed by atoms with Crippen LogP contribution in [-0.4, -0.2) is 39.0 Å². The van der Waals surface area contributed by atoms with E-state index in [1.807, 2.05) is 0 Å². The van der Waals surface area contributed by atoms with Gasteiger partial charge >= 0.3 is 5.97 Å². The summed E-state index contributed by atoms with van der Waals surface area (Å²) in [5, 5.41) is 16.7. The smallest absolute Gasteiger partial charge is 0.354 e. The first kappa shape index (κ1) is 8.67. The van der Waals surface area contributed by atoms with Gasteiger partial charge in [0.1, 0.15) is 5.69 Å². The van der Waals surface area contributed by atoms with Crippen molar-refractivity contribution in [1.29, 1.82) is 0 Å². The van der Waals surface area contributed by atoms with Crippen molar-refractivity contribution < 1.29 is 9.90 Å². The predicted molar refractivity (Wildman–Crippen MR) is 45.6 cm³/mol. The van der Waals surface area contributed by atoms with Gasteiger partial charge < -0.3 is 5.11 Å². The topological polar surface area (TPSA) is 87.8 Å². The Morgan fingerprint density at radius 1 is 1.64 bits per heavy atom. The average molecular weight is 196 g/mol. The van der Waals surface area contributed by atoms with Crippen molar-refractivity contribution in [1.82, 2.24) is 14.8 Å². The Morgan fingerprint density at radius 2 is 2.36 bits per heavy atom. The second-order valence-electron chi connectivity index (χ2n) is 3.07. The minimum Gasteiger partial charge on any atom is -0.477 e. The van der Waals surface area contributed by atoms with Crippen molar-refractivity contribution in [3.05, 3.63) is 22.9 Å². The van der Waals surface area contributed by atoms with Crippen LogP contribution in [0.5, 0.6) is 0 Å². The molecule has 1 saturated heterocycles. The van der Waals surface area contributed by atoms with E-state index in [0.717, 1.165) is 0 Å². The molecule has 1 aliphatic heterocycles. The molecule has 1 aromatic heterocycles. The number of hydrogen-bond donors (Lipinski definition) is 1. The van der Waals surface area contributed by atoms with E-state index >= 15 is 0 Å². The molecule has 2 rings (SSSR count). The lowest BCUT2D eigenvalue weighted by atomic mass is 10.1. The second-order valence-corrected chi connectivity index (χ2v) is 3.07. The SMILES string of the molecule is O=NN1CC(n2nccc2C(=O)O)C1. The number of nitroso groups, excluding NO2 is 1. The highest BCUT2D eigenvalue weighted by molar-refractivity contribution is 5.85. The van der Waals surface area contributed by atoms with Crippen LogP contribution in [0.1, 0.15) is 16.5 Å². The normalized spacial score (nSPS) is 16.4. The lowest BCUT2D eigenvalue weighted by molar-refractivity contribution is 0.0640. The third-order valence-electron chi connectivity index (χ3n) is 2.19. The number of carboxylic acids is 1.